The van der Waals surface area contributed by atoms with Gasteiger partial charge >= 0.3 is 12.0 Å². The lowest BCUT2D eigenvalue weighted by Crippen LogP contribution is -2.59. The summed E-state index contributed by atoms with van der Waals surface area (Å²) >= 11 is 0. The molecule has 3 N–H and O–H groups in total. The zero-order valence-electron chi connectivity index (χ0n) is 26.6. The molecule has 0 bridgehead atoms. The second kappa shape index (κ2) is 16.0. The fraction of sp³-hybridized carbons (Fsp3) is 0.371. The van der Waals surface area contributed by atoms with E-state index in [2.05, 4.69) is 16.0 Å². The lowest BCUT2D eigenvalue weighted by Gasteiger charge is -2.28. The zero-order chi connectivity index (χ0) is 33.9. The highest BCUT2D eigenvalue weighted by Gasteiger charge is 2.50. The maximum atomic E-state index is 15.4. The number of Topliss-reactive ketones (excluding diaryl/α,β-unsaturated/α-hetero) is 1. The second-order valence-corrected chi connectivity index (χ2v) is 12.2. The molecule has 0 fully saturated rings. The van der Waals surface area contributed by atoms with Gasteiger partial charge in [-0.2, -0.15) is 8.78 Å². The highest BCUT2D eigenvalue weighted by atomic mass is 19.3. The summed E-state index contributed by atoms with van der Waals surface area (Å²) in [6.07, 6.45) is -1.25. The number of carbonyl (C=O) groups excluding carboxylic acids is 4. The summed E-state index contributed by atoms with van der Waals surface area (Å²) in [4.78, 5) is 51.7. The van der Waals surface area contributed by atoms with Crippen LogP contribution in [0.15, 0.2) is 84.9 Å². The van der Waals surface area contributed by atoms with Crippen LogP contribution >= 0.6 is 0 Å². The van der Waals surface area contributed by atoms with Gasteiger partial charge in [0, 0.05) is 13.0 Å². The molecule has 3 amide bonds. The molecule has 0 saturated heterocycles. The van der Waals surface area contributed by atoms with Gasteiger partial charge in [0.1, 0.15) is 24.0 Å². The van der Waals surface area contributed by atoms with Gasteiger partial charge in [-0.15, -0.1) is 0 Å². The summed E-state index contributed by atoms with van der Waals surface area (Å²) in [5.41, 5.74) is 1.08. The van der Waals surface area contributed by atoms with E-state index >= 15 is 8.78 Å². The fourth-order valence-corrected chi connectivity index (χ4v) is 4.36. The van der Waals surface area contributed by atoms with Crippen LogP contribution in [0.4, 0.5) is 13.6 Å². The van der Waals surface area contributed by atoms with Crippen molar-refractivity contribution in [2.24, 2.45) is 5.92 Å². The number of amides is 3. The first-order valence-corrected chi connectivity index (χ1v) is 15.0. The molecule has 0 unspecified atom stereocenters. The van der Waals surface area contributed by atoms with Gasteiger partial charge in [-0.05, 0) is 55.5 Å². The number of ketones is 1. The Balaban J connectivity index is 1.80. The van der Waals surface area contributed by atoms with E-state index in [-0.39, 0.29) is 13.0 Å². The SMILES string of the molecule is CC(C)[C@H](NC(=O)OC(C)(C)C)C(=O)N[C@@H](Cc1ccc(OCc2ccccc2)cc1)C(=O)C(F)(F)C(=O)NCc1ccccc1. The quantitative estimate of drug-likeness (QED) is 0.205. The van der Waals surface area contributed by atoms with E-state index < -0.39 is 53.2 Å². The Morgan fingerprint density at radius 3 is 1.87 bits per heavy atom. The molecule has 0 aromatic heterocycles. The van der Waals surface area contributed by atoms with Crippen molar-refractivity contribution in [2.75, 3.05) is 0 Å². The molecule has 3 aromatic rings. The summed E-state index contributed by atoms with van der Waals surface area (Å²) in [7, 11) is 0. The number of nitrogens with one attached hydrogen (secondary N) is 3. The van der Waals surface area contributed by atoms with Crippen LogP contribution in [-0.2, 0) is 38.7 Å². The molecule has 2 atom stereocenters. The van der Waals surface area contributed by atoms with Gasteiger partial charge in [-0.25, -0.2) is 4.79 Å². The van der Waals surface area contributed by atoms with Gasteiger partial charge in [0.15, 0.2) is 0 Å². The van der Waals surface area contributed by atoms with Crippen LogP contribution in [0, 0.1) is 5.92 Å². The predicted molar refractivity (Wildman–Crippen MR) is 169 cm³/mol. The van der Waals surface area contributed by atoms with E-state index in [9.17, 15) is 19.2 Å². The number of halogens is 2. The largest absolute Gasteiger partial charge is 0.489 e. The molecule has 246 valence electrons. The standard InChI is InChI=1S/C35H41F2N3O6/c1-23(2)29(40-33(44)46-34(3,4)5)31(42)39-28(30(41)35(36,37)32(43)38-21-25-12-8-6-9-13-25)20-24-16-18-27(19-17-24)45-22-26-14-10-7-11-15-26/h6-19,23,28-29H,20-22H2,1-5H3,(H,38,43)(H,39,42)(H,40,44)/t28-,29-/m0/s1. The van der Waals surface area contributed by atoms with Gasteiger partial charge in [0.2, 0.25) is 11.7 Å². The topological polar surface area (TPSA) is 123 Å². The first-order valence-electron chi connectivity index (χ1n) is 15.0. The second-order valence-electron chi connectivity index (χ2n) is 12.2. The summed E-state index contributed by atoms with van der Waals surface area (Å²) in [6, 6.07) is 21.2. The average molecular weight is 638 g/mol. The maximum absolute atomic E-state index is 15.4. The molecule has 0 spiro atoms. The normalized spacial score (nSPS) is 12.9. The van der Waals surface area contributed by atoms with E-state index in [1.165, 1.54) is 0 Å². The van der Waals surface area contributed by atoms with Crippen LogP contribution in [0.2, 0.25) is 0 Å². The Morgan fingerprint density at radius 2 is 1.33 bits per heavy atom. The summed E-state index contributed by atoms with van der Waals surface area (Å²) in [5.74, 6) is -8.95. The molecular formula is C35H41F2N3O6. The number of alkyl halides is 2. The molecule has 0 aliphatic carbocycles. The molecule has 3 aromatic carbocycles. The van der Waals surface area contributed by atoms with E-state index in [0.29, 0.717) is 23.5 Å². The molecule has 0 aliphatic rings. The smallest absolute Gasteiger partial charge is 0.408 e. The van der Waals surface area contributed by atoms with Gasteiger partial charge in [-0.1, -0.05) is 86.6 Å². The summed E-state index contributed by atoms with van der Waals surface area (Å²) < 4.78 is 41.8. The van der Waals surface area contributed by atoms with Gasteiger partial charge in [0.05, 0.1) is 6.04 Å². The average Bonchev–Trinajstić information content (AvgIpc) is 3.01. The highest BCUT2D eigenvalue weighted by Crippen LogP contribution is 2.22. The van der Waals surface area contributed by atoms with E-state index in [1.807, 2.05) is 30.3 Å². The third kappa shape index (κ3) is 11.0. The van der Waals surface area contributed by atoms with Crippen LogP contribution in [0.25, 0.3) is 0 Å². The minimum absolute atomic E-state index is 0.223. The number of rotatable bonds is 14. The van der Waals surface area contributed by atoms with Crippen LogP contribution in [0.5, 0.6) is 5.75 Å². The lowest BCUT2D eigenvalue weighted by atomic mass is 9.96. The Morgan fingerprint density at radius 1 is 0.761 bits per heavy atom. The first kappa shape index (κ1) is 35.7. The predicted octanol–water partition coefficient (Wildman–Crippen LogP) is 5.36. The maximum Gasteiger partial charge on any atom is 0.408 e. The van der Waals surface area contributed by atoms with Gasteiger partial charge in [0.25, 0.3) is 5.91 Å². The van der Waals surface area contributed by atoms with E-state index in [4.69, 9.17) is 9.47 Å². The minimum Gasteiger partial charge on any atom is -0.489 e. The monoisotopic (exact) mass is 637 g/mol. The molecule has 9 nitrogen and oxygen atoms in total. The Kier molecular flexibility index (Phi) is 12.4. The van der Waals surface area contributed by atoms with Gasteiger partial charge in [-0.3, -0.25) is 14.4 Å². The van der Waals surface area contributed by atoms with Crippen LogP contribution in [0.3, 0.4) is 0 Å². The number of carbonyl (C=O) groups is 4. The van der Waals surface area contributed by atoms with Crippen molar-refractivity contribution in [1.29, 1.82) is 0 Å². The number of ether oxygens (including phenoxy) is 2. The minimum atomic E-state index is -4.47. The molecule has 3 rings (SSSR count). The molecule has 0 saturated carbocycles. The van der Waals surface area contributed by atoms with Crippen molar-refractivity contribution < 1.29 is 37.4 Å². The van der Waals surface area contributed by atoms with E-state index in [0.717, 1.165) is 5.56 Å². The Labute approximate surface area is 268 Å². The molecule has 46 heavy (non-hydrogen) atoms. The van der Waals surface area contributed by atoms with Crippen molar-refractivity contribution in [2.45, 2.75) is 77.8 Å². The molecule has 0 aliphatic heterocycles. The summed E-state index contributed by atoms with van der Waals surface area (Å²) in [6.45, 7) is 8.30. The number of benzene rings is 3. The van der Waals surface area contributed by atoms with Crippen LogP contribution in [0.1, 0.15) is 51.3 Å². The Hall–Kier alpha value is -4.80. The zero-order valence-corrected chi connectivity index (χ0v) is 26.6. The van der Waals surface area contributed by atoms with Crippen LogP contribution < -0.4 is 20.7 Å². The van der Waals surface area contributed by atoms with Crippen molar-refractivity contribution in [3.05, 3.63) is 102 Å². The molecule has 0 heterocycles. The first-order chi connectivity index (χ1) is 21.7. The Bertz CT molecular complexity index is 1460. The number of hydrogen-bond donors (Lipinski definition) is 3. The number of alkyl carbamates (subject to hydrolysis) is 1. The fourth-order valence-electron chi connectivity index (χ4n) is 4.36. The third-order valence-corrected chi connectivity index (χ3v) is 6.76. The third-order valence-electron chi connectivity index (χ3n) is 6.76. The molecule has 11 heteroatoms. The van der Waals surface area contributed by atoms with Gasteiger partial charge < -0.3 is 25.4 Å². The van der Waals surface area contributed by atoms with Crippen molar-refractivity contribution in [1.82, 2.24) is 16.0 Å². The van der Waals surface area contributed by atoms with E-state index in [1.54, 1.807) is 89.2 Å². The number of hydrogen-bond acceptors (Lipinski definition) is 6. The molecule has 0 radical (unpaired) electrons. The van der Waals surface area contributed by atoms with Crippen LogP contribution in [-0.4, -0.2) is 47.3 Å². The summed E-state index contributed by atoms with van der Waals surface area (Å²) in [5, 5.41) is 6.91. The molecular weight excluding hydrogens is 596 g/mol. The highest BCUT2D eigenvalue weighted by molar-refractivity contribution is 6.10. The lowest BCUT2D eigenvalue weighted by molar-refractivity contribution is -0.160. The van der Waals surface area contributed by atoms with Crippen molar-refractivity contribution in [3.8, 4) is 5.75 Å². The van der Waals surface area contributed by atoms with Crippen molar-refractivity contribution >= 4 is 23.7 Å². The van der Waals surface area contributed by atoms with Crippen molar-refractivity contribution in [3.63, 3.8) is 0 Å².